The molecule has 0 unspecified atom stereocenters. The Morgan fingerprint density at radius 3 is 2.47 bits per heavy atom. The number of hydrogen-bond acceptors (Lipinski definition) is 7. The van der Waals surface area contributed by atoms with Crippen molar-refractivity contribution in [2.75, 3.05) is 23.4 Å². The van der Waals surface area contributed by atoms with Gasteiger partial charge >= 0.3 is 0 Å². The lowest BCUT2D eigenvalue weighted by molar-refractivity contribution is 0.578. The average molecular weight is 439 g/mol. The molecule has 0 aliphatic carbocycles. The lowest BCUT2D eigenvalue weighted by atomic mass is 10.1. The molecular formula is C22H23ClN6S. The van der Waals surface area contributed by atoms with Crippen LogP contribution >= 0.6 is 22.9 Å². The molecule has 0 atom stereocenters. The molecule has 154 valence electrons. The van der Waals surface area contributed by atoms with E-state index in [0.29, 0.717) is 10.2 Å². The standard InChI is InChI=1S/C22H23ClN6S/c1-16-21(27-26-19-9-7-18(23)8-10-19)30-22(25-16)28-24-15-17-5-11-20(12-6-17)29-13-3-2-4-14-29/h5-12,15H,2-4,13-14H2,1H3,(H,25,28)/b24-15+,27-26?. The first-order valence-corrected chi connectivity index (χ1v) is 11.2. The van der Waals surface area contributed by atoms with Gasteiger partial charge in [-0.2, -0.15) is 5.10 Å². The van der Waals surface area contributed by atoms with E-state index in [0.717, 1.165) is 35.0 Å². The van der Waals surface area contributed by atoms with Crippen LogP contribution in [0.2, 0.25) is 5.02 Å². The van der Waals surface area contributed by atoms with Gasteiger partial charge in [-0.3, -0.25) is 5.43 Å². The summed E-state index contributed by atoms with van der Waals surface area (Å²) < 4.78 is 0. The molecule has 0 amide bonds. The van der Waals surface area contributed by atoms with Crippen LogP contribution in [0.25, 0.3) is 0 Å². The zero-order chi connectivity index (χ0) is 20.8. The highest BCUT2D eigenvalue weighted by Gasteiger charge is 2.10. The van der Waals surface area contributed by atoms with Crippen LogP contribution in [0.15, 0.2) is 63.9 Å². The Bertz CT molecular complexity index is 1020. The molecule has 0 bridgehead atoms. The third-order valence-corrected chi connectivity index (χ3v) is 6.04. The maximum absolute atomic E-state index is 5.89. The van der Waals surface area contributed by atoms with Gasteiger partial charge in [-0.15, -0.1) is 10.2 Å². The largest absolute Gasteiger partial charge is 0.372 e. The Labute approximate surface area is 185 Å². The number of halogens is 1. The molecule has 1 saturated heterocycles. The summed E-state index contributed by atoms with van der Waals surface area (Å²) >= 11 is 7.30. The van der Waals surface area contributed by atoms with E-state index in [2.05, 4.69) is 54.9 Å². The molecule has 4 rings (SSSR count). The second-order valence-electron chi connectivity index (χ2n) is 7.10. The highest BCUT2D eigenvalue weighted by Crippen LogP contribution is 2.32. The summed E-state index contributed by atoms with van der Waals surface area (Å²) in [4.78, 5) is 6.90. The normalized spacial score (nSPS) is 14.7. The summed E-state index contributed by atoms with van der Waals surface area (Å²) in [5, 5.41) is 14.9. The van der Waals surface area contributed by atoms with Crippen LogP contribution in [0.3, 0.4) is 0 Å². The Hall–Kier alpha value is -2.77. The number of benzene rings is 2. The fraction of sp³-hybridized carbons (Fsp3) is 0.273. The molecule has 2 heterocycles. The maximum Gasteiger partial charge on any atom is 0.205 e. The van der Waals surface area contributed by atoms with Gasteiger partial charge in [0.05, 0.1) is 17.6 Å². The smallest absolute Gasteiger partial charge is 0.205 e. The predicted molar refractivity (Wildman–Crippen MR) is 126 cm³/mol. The number of thiazole rings is 1. The molecule has 6 nitrogen and oxygen atoms in total. The third-order valence-electron chi connectivity index (χ3n) is 4.84. The second kappa shape index (κ2) is 9.82. The van der Waals surface area contributed by atoms with E-state index in [-0.39, 0.29) is 0 Å². The Balaban J connectivity index is 1.35. The van der Waals surface area contributed by atoms with Crippen molar-refractivity contribution in [3.05, 3.63) is 64.8 Å². The van der Waals surface area contributed by atoms with Crippen molar-refractivity contribution in [1.82, 2.24) is 4.98 Å². The fourth-order valence-corrected chi connectivity index (χ4v) is 4.09. The molecule has 1 aliphatic rings. The molecule has 0 spiro atoms. The van der Waals surface area contributed by atoms with E-state index in [1.165, 1.54) is 36.3 Å². The van der Waals surface area contributed by atoms with E-state index in [1.807, 2.05) is 19.1 Å². The summed E-state index contributed by atoms with van der Waals surface area (Å²) in [7, 11) is 0. The number of rotatable bonds is 6. The lowest BCUT2D eigenvalue weighted by Crippen LogP contribution is -2.29. The highest BCUT2D eigenvalue weighted by atomic mass is 35.5. The van der Waals surface area contributed by atoms with E-state index in [9.17, 15) is 0 Å². The number of nitrogens with zero attached hydrogens (tertiary/aromatic N) is 5. The Kier molecular flexibility index (Phi) is 6.71. The molecule has 1 aromatic heterocycles. The van der Waals surface area contributed by atoms with Crippen LogP contribution in [0.4, 0.5) is 21.5 Å². The first-order valence-electron chi connectivity index (χ1n) is 9.96. The van der Waals surface area contributed by atoms with Gasteiger partial charge in [0, 0.05) is 23.8 Å². The van der Waals surface area contributed by atoms with Gasteiger partial charge in [0.25, 0.3) is 0 Å². The van der Waals surface area contributed by atoms with Crippen LogP contribution in [0.1, 0.15) is 30.5 Å². The number of hydrazone groups is 1. The zero-order valence-electron chi connectivity index (χ0n) is 16.8. The molecule has 1 aliphatic heterocycles. The second-order valence-corrected chi connectivity index (χ2v) is 8.51. The van der Waals surface area contributed by atoms with Crippen molar-refractivity contribution in [3.63, 3.8) is 0 Å². The first-order chi connectivity index (χ1) is 14.7. The molecule has 1 fully saturated rings. The number of anilines is 2. The summed E-state index contributed by atoms with van der Waals surface area (Å²) in [5.41, 5.74) is 6.86. The van der Waals surface area contributed by atoms with Gasteiger partial charge in [0.15, 0.2) is 5.00 Å². The molecule has 2 aromatic carbocycles. The first kappa shape index (κ1) is 20.5. The Morgan fingerprint density at radius 1 is 1.00 bits per heavy atom. The van der Waals surface area contributed by atoms with Crippen molar-refractivity contribution in [2.45, 2.75) is 26.2 Å². The SMILES string of the molecule is Cc1nc(N/N=C/c2ccc(N3CCCCC3)cc2)sc1N=Nc1ccc(Cl)cc1. The minimum atomic E-state index is 0.674. The van der Waals surface area contributed by atoms with Gasteiger partial charge < -0.3 is 4.90 Å². The Morgan fingerprint density at radius 2 is 1.73 bits per heavy atom. The summed E-state index contributed by atoms with van der Waals surface area (Å²) in [6.45, 7) is 4.20. The van der Waals surface area contributed by atoms with Crippen molar-refractivity contribution in [2.24, 2.45) is 15.3 Å². The number of azo groups is 1. The van der Waals surface area contributed by atoms with Gasteiger partial charge in [-0.25, -0.2) is 4.98 Å². The van der Waals surface area contributed by atoms with Gasteiger partial charge in [0.1, 0.15) is 0 Å². The minimum Gasteiger partial charge on any atom is -0.372 e. The van der Waals surface area contributed by atoms with Crippen LogP contribution in [-0.4, -0.2) is 24.3 Å². The van der Waals surface area contributed by atoms with Crippen LogP contribution in [0, 0.1) is 6.92 Å². The molecular weight excluding hydrogens is 416 g/mol. The van der Waals surface area contributed by atoms with E-state index in [1.54, 1.807) is 18.3 Å². The third kappa shape index (κ3) is 5.43. The number of nitrogens with one attached hydrogen (secondary N) is 1. The molecule has 0 radical (unpaired) electrons. The molecule has 0 saturated carbocycles. The fourth-order valence-electron chi connectivity index (χ4n) is 3.23. The van der Waals surface area contributed by atoms with Crippen molar-refractivity contribution < 1.29 is 0 Å². The van der Waals surface area contributed by atoms with Crippen LogP contribution in [0.5, 0.6) is 0 Å². The maximum atomic E-state index is 5.89. The number of aryl methyl sites for hydroxylation is 1. The van der Waals surface area contributed by atoms with Gasteiger partial charge in [-0.05, 0) is 68.1 Å². The zero-order valence-corrected chi connectivity index (χ0v) is 18.3. The molecule has 3 aromatic rings. The molecule has 8 heteroatoms. The van der Waals surface area contributed by atoms with Gasteiger partial charge in [-0.1, -0.05) is 35.1 Å². The predicted octanol–water partition coefficient (Wildman–Crippen LogP) is 6.96. The van der Waals surface area contributed by atoms with E-state index >= 15 is 0 Å². The minimum absolute atomic E-state index is 0.674. The summed E-state index contributed by atoms with van der Waals surface area (Å²) in [6, 6.07) is 15.7. The average Bonchev–Trinajstić information content (AvgIpc) is 3.14. The van der Waals surface area contributed by atoms with E-state index in [4.69, 9.17) is 11.6 Å². The van der Waals surface area contributed by atoms with Crippen LogP contribution in [-0.2, 0) is 0 Å². The molecule has 1 N–H and O–H groups in total. The summed E-state index contributed by atoms with van der Waals surface area (Å²) in [5.74, 6) is 0. The number of piperidine rings is 1. The topological polar surface area (TPSA) is 65.2 Å². The van der Waals surface area contributed by atoms with Gasteiger partial charge in [0.2, 0.25) is 5.13 Å². The lowest BCUT2D eigenvalue weighted by Gasteiger charge is -2.28. The van der Waals surface area contributed by atoms with Crippen molar-refractivity contribution >= 4 is 50.7 Å². The van der Waals surface area contributed by atoms with Crippen LogP contribution < -0.4 is 10.3 Å². The number of hydrogen-bond donors (Lipinski definition) is 1. The van der Waals surface area contributed by atoms with Crippen molar-refractivity contribution in [1.29, 1.82) is 0 Å². The van der Waals surface area contributed by atoms with E-state index < -0.39 is 0 Å². The summed E-state index contributed by atoms with van der Waals surface area (Å²) in [6.07, 6.45) is 5.70. The highest BCUT2D eigenvalue weighted by molar-refractivity contribution is 7.19. The monoisotopic (exact) mass is 438 g/mol. The number of aromatic nitrogens is 1. The van der Waals surface area contributed by atoms with Crippen molar-refractivity contribution in [3.8, 4) is 0 Å². The molecule has 30 heavy (non-hydrogen) atoms. The quantitative estimate of drug-likeness (QED) is 0.257.